The zero-order valence-electron chi connectivity index (χ0n) is 11.6. The van der Waals surface area contributed by atoms with Gasteiger partial charge in [-0.2, -0.15) is 4.31 Å². The Morgan fingerprint density at radius 3 is 2.35 bits per heavy atom. The molecular weight excluding hydrogens is 346 g/mol. The lowest BCUT2D eigenvalue weighted by molar-refractivity contribution is 0.0696. The zero-order valence-corrected chi connectivity index (χ0v) is 14.0. The minimum atomic E-state index is -3.73. The van der Waals surface area contributed by atoms with Gasteiger partial charge in [0.2, 0.25) is 10.0 Å². The van der Waals surface area contributed by atoms with Gasteiger partial charge < -0.3 is 5.11 Å². The average molecular weight is 364 g/mol. The van der Waals surface area contributed by atoms with E-state index in [0.717, 1.165) is 0 Å². The standard InChI is InChI=1S/C13H18BrNO4S/c1-4-10(5-2)15(3)20(18,19)12-8-9(13(16)17)6-7-11(12)14/h6-8,10H,4-5H2,1-3H3,(H,16,17). The van der Waals surface area contributed by atoms with E-state index in [2.05, 4.69) is 15.9 Å². The van der Waals surface area contributed by atoms with Crippen molar-refractivity contribution in [2.75, 3.05) is 7.05 Å². The number of sulfonamides is 1. The Morgan fingerprint density at radius 2 is 1.90 bits per heavy atom. The molecule has 0 atom stereocenters. The van der Waals surface area contributed by atoms with Crippen LogP contribution in [0, 0.1) is 0 Å². The third-order valence-corrected chi connectivity index (χ3v) is 6.20. The highest BCUT2D eigenvalue weighted by Crippen LogP contribution is 2.27. The molecule has 7 heteroatoms. The maximum atomic E-state index is 12.6. The van der Waals surface area contributed by atoms with Crippen LogP contribution in [-0.4, -0.2) is 36.9 Å². The van der Waals surface area contributed by atoms with Gasteiger partial charge in [0.15, 0.2) is 0 Å². The lowest BCUT2D eigenvalue weighted by Crippen LogP contribution is -2.36. The van der Waals surface area contributed by atoms with Crippen molar-refractivity contribution in [2.45, 2.75) is 37.6 Å². The van der Waals surface area contributed by atoms with E-state index < -0.39 is 16.0 Å². The molecule has 0 aliphatic rings. The van der Waals surface area contributed by atoms with E-state index in [1.165, 1.54) is 29.6 Å². The van der Waals surface area contributed by atoms with Crippen molar-refractivity contribution in [3.05, 3.63) is 28.2 Å². The van der Waals surface area contributed by atoms with Gasteiger partial charge in [-0.3, -0.25) is 0 Å². The number of carboxylic acid groups (broad SMARTS) is 1. The molecule has 0 aliphatic carbocycles. The predicted molar refractivity (Wildman–Crippen MR) is 80.4 cm³/mol. The summed E-state index contributed by atoms with van der Waals surface area (Å²) in [5, 5.41) is 8.98. The molecule has 0 bridgehead atoms. The number of hydrogen-bond donors (Lipinski definition) is 1. The van der Waals surface area contributed by atoms with E-state index in [1.54, 1.807) is 0 Å². The molecule has 1 N–H and O–H groups in total. The van der Waals surface area contributed by atoms with Crippen molar-refractivity contribution in [1.82, 2.24) is 4.31 Å². The topological polar surface area (TPSA) is 74.7 Å². The van der Waals surface area contributed by atoms with Gasteiger partial charge in [-0.1, -0.05) is 13.8 Å². The summed E-state index contributed by atoms with van der Waals surface area (Å²) >= 11 is 3.18. The molecule has 0 aromatic heterocycles. The third kappa shape index (κ3) is 3.39. The first-order valence-electron chi connectivity index (χ1n) is 6.26. The van der Waals surface area contributed by atoms with Crippen LogP contribution in [0.2, 0.25) is 0 Å². The highest BCUT2D eigenvalue weighted by Gasteiger charge is 2.28. The Hall–Kier alpha value is -0.920. The van der Waals surface area contributed by atoms with Gasteiger partial charge in [0, 0.05) is 17.6 Å². The fourth-order valence-corrected chi connectivity index (χ4v) is 4.44. The van der Waals surface area contributed by atoms with E-state index in [4.69, 9.17) is 5.11 Å². The van der Waals surface area contributed by atoms with E-state index >= 15 is 0 Å². The largest absolute Gasteiger partial charge is 0.478 e. The lowest BCUT2D eigenvalue weighted by Gasteiger charge is -2.26. The van der Waals surface area contributed by atoms with Crippen molar-refractivity contribution in [1.29, 1.82) is 0 Å². The van der Waals surface area contributed by atoms with Crippen molar-refractivity contribution in [3.63, 3.8) is 0 Å². The van der Waals surface area contributed by atoms with Crippen LogP contribution in [0.1, 0.15) is 37.0 Å². The minimum absolute atomic E-state index is 0.0215. The first-order chi connectivity index (χ1) is 9.25. The summed E-state index contributed by atoms with van der Waals surface area (Å²) in [4.78, 5) is 11.0. The smallest absolute Gasteiger partial charge is 0.335 e. The first-order valence-corrected chi connectivity index (χ1v) is 8.49. The number of hydrogen-bond acceptors (Lipinski definition) is 3. The minimum Gasteiger partial charge on any atom is -0.478 e. The molecular formula is C13H18BrNO4S. The van der Waals surface area contributed by atoms with Crippen molar-refractivity contribution in [2.24, 2.45) is 0 Å². The number of rotatable bonds is 6. The van der Waals surface area contributed by atoms with Gasteiger partial charge >= 0.3 is 5.97 Å². The van der Waals surface area contributed by atoms with Crippen LogP contribution < -0.4 is 0 Å². The molecule has 0 unspecified atom stereocenters. The maximum Gasteiger partial charge on any atom is 0.335 e. The van der Waals surface area contributed by atoms with Gasteiger partial charge in [0.1, 0.15) is 0 Å². The number of benzene rings is 1. The number of carboxylic acids is 1. The van der Waals surface area contributed by atoms with Gasteiger partial charge in [-0.15, -0.1) is 0 Å². The molecule has 0 heterocycles. The summed E-state index contributed by atoms with van der Waals surface area (Å²) in [5.41, 5.74) is -0.0512. The van der Waals surface area contributed by atoms with Crippen molar-refractivity contribution < 1.29 is 18.3 Å². The fourth-order valence-electron chi connectivity index (χ4n) is 1.99. The van der Waals surface area contributed by atoms with Crippen LogP contribution in [0.5, 0.6) is 0 Å². The monoisotopic (exact) mass is 363 g/mol. The van der Waals surface area contributed by atoms with Crippen LogP contribution in [0.25, 0.3) is 0 Å². The summed E-state index contributed by atoms with van der Waals surface area (Å²) in [6.45, 7) is 3.84. The molecule has 112 valence electrons. The van der Waals surface area contributed by atoms with Crippen molar-refractivity contribution in [3.8, 4) is 0 Å². The Morgan fingerprint density at radius 1 is 1.35 bits per heavy atom. The molecule has 1 aromatic carbocycles. The summed E-state index contributed by atoms with van der Waals surface area (Å²) < 4.78 is 26.8. The molecule has 0 radical (unpaired) electrons. The SMILES string of the molecule is CCC(CC)N(C)S(=O)(=O)c1cc(C(=O)O)ccc1Br. The van der Waals surface area contributed by atoms with Crippen LogP contribution in [0.15, 0.2) is 27.6 Å². The van der Waals surface area contributed by atoms with Crippen LogP contribution >= 0.6 is 15.9 Å². The second-order valence-electron chi connectivity index (χ2n) is 4.44. The second-order valence-corrected chi connectivity index (χ2v) is 7.26. The Bertz CT molecular complexity index is 596. The van der Waals surface area contributed by atoms with Gasteiger partial charge in [-0.05, 0) is 47.0 Å². The van der Waals surface area contributed by atoms with Gasteiger partial charge in [-0.25, -0.2) is 13.2 Å². The zero-order chi connectivity index (χ0) is 15.5. The third-order valence-electron chi connectivity index (χ3n) is 3.29. The van der Waals surface area contributed by atoms with Crippen LogP contribution in [0.4, 0.5) is 0 Å². The Labute approximate surface area is 127 Å². The molecule has 0 spiro atoms. The summed E-state index contributed by atoms with van der Waals surface area (Å²) in [6, 6.07) is 3.88. The molecule has 0 aliphatic heterocycles. The van der Waals surface area contributed by atoms with E-state index in [-0.39, 0.29) is 16.5 Å². The molecule has 0 amide bonds. The van der Waals surface area contributed by atoms with Gasteiger partial charge in [0.05, 0.1) is 10.5 Å². The summed E-state index contributed by atoms with van der Waals surface area (Å²) in [7, 11) is -2.21. The maximum absolute atomic E-state index is 12.6. The molecule has 0 fully saturated rings. The van der Waals surface area contributed by atoms with E-state index in [1.807, 2.05) is 13.8 Å². The quantitative estimate of drug-likeness (QED) is 0.842. The predicted octanol–water partition coefficient (Wildman–Crippen LogP) is 2.96. The highest BCUT2D eigenvalue weighted by atomic mass is 79.9. The Kier molecular flexibility index (Phi) is 5.73. The van der Waals surface area contributed by atoms with E-state index in [0.29, 0.717) is 17.3 Å². The van der Waals surface area contributed by atoms with Crippen LogP contribution in [0.3, 0.4) is 0 Å². The number of nitrogens with zero attached hydrogens (tertiary/aromatic N) is 1. The number of aromatic carboxylic acids is 1. The Balaban J connectivity index is 3.34. The molecule has 1 rings (SSSR count). The molecule has 1 aromatic rings. The fraction of sp³-hybridized carbons (Fsp3) is 0.462. The molecule has 0 saturated heterocycles. The molecule has 20 heavy (non-hydrogen) atoms. The van der Waals surface area contributed by atoms with E-state index in [9.17, 15) is 13.2 Å². The van der Waals surface area contributed by atoms with Crippen molar-refractivity contribution >= 4 is 31.9 Å². The summed E-state index contributed by atoms with van der Waals surface area (Å²) in [6.07, 6.45) is 1.39. The number of halogens is 1. The highest BCUT2D eigenvalue weighted by molar-refractivity contribution is 9.10. The second kappa shape index (κ2) is 6.69. The average Bonchev–Trinajstić information content (AvgIpc) is 2.39. The molecule has 0 saturated carbocycles. The lowest BCUT2D eigenvalue weighted by atomic mass is 10.2. The molecule has 5 nitrogen and oxygen atoms in total. The van der Waals surface area contributed by atoms with Gasteiger partial charge in [0.25, 0.3) is 0 Å². The number of carbonyl (C=O) groups is 1. The summed E-state index contributed by atoms with van der Waals surface area (Å²) in [5.74, 6) is -1.15. The normalized spacial score (nSPS) is 12.1. The van der Waals surface area contributed by atoms with Crippen LogP contribution in [-0.2, 0) is 10.0 Å². The first kappa shape index (κ1) is 17.1.